The summed E-state index contributed by atoms with van der Waals surface area (Å²) < 4.78 is 0. The molecule has 1 saturated heterocycles. The highest BCUT2D eigenvalue weighted by atomic mass is 16.2. The van der Waals surface area contributed by atoms with Crippen LogP contribution in [0.1, 0.15) is 20.8 Å². The second-order valence-corrected chi connectivity index (χ2v) is 8.54. The van der Waals surface area contributed by atoms with E-state index in [0.717, 1.165) is 45.8 Å². The lowest BCUT2D eigenvalue weighted by Gasteiger charge is -2.39. The van der Waals surface area contributed by atoms with Crippen molar-refractivity contribution in [2.24, 2.45) is 5.92 Å². The van der Waals surface area contributed by atoms with Gasteiger partial charge in [0, 0.05) is 64.1 Å². The standard InChI is InChI=1S/C22H39N5O/c1-19(2)18-27(12-11-24(4)5)22(28)23-17-20(3)25-13-15-26(16-14-25)21-9-7-6-8-10-21/h6-10,19-20H,11-18H2,1-5H3,(H,23,28). The Morgan fingerprint density at radius 1 is 1.04 bits per heavy atom. The van der Waals surface area contributed by atoms with Gasteiger partial charge in [-0.2, -0.15) is 0 Å². The Bertz CT molecular complexity index is 570. The highest BCUT2D eigenvalue weighted by molar-refractivity contribution is 5.74. The lowest BCUT2D eigenvalue weighted by Crippen LogP contribution is -2.53. The maximum atomic E-state index is 12.7. The zero-order valence-electron chi connectivity index (χ0n) is 18.4. The predicted octanol–water partition coefficient (Wildman–Crippen LogP) is 2.43. The van der Waals surface area contributed by atoms with Crippen molar-refractivity contribution < 1.29 is 4.79 Å². The molecule has 1 aromatic rings. The van der Waals surface area contributed by atoms with E-state index in [4.69, 9.17) is 0 Å². The fourth-order valence-electron chi connectivity index (χ4n) is 3.57. The summed E-state index contributed by atoms with van der Waals surface area (Å²) in [6, 6.07) is 11.0. The van der Waals surface area contributed by atoms with Crippen LogP contribution in [-0.2, 0) is 0 Å². The van der Waals surface area contributed by atoms with Crippen molar-refractivity contribution in [1.82, 2.24) is 20.0 Å². The van der Waals surface area contributed by atoms with Crippen molar-refractivity contribution >= 4 is 11.7 Å². The number of nitrogens with zero attached hydrogens (tertiary/aromatic N) is 4. The van der Waals surface area contributed by atoms with Crippen LogP contribution in [0, 0.1) is 5.92 Å². The molecule has 1 aromatic carbocycles. The van der Waals surface area contributed by atoms with Gasteiger partial charge in [0.2, 0.25) is 0 Å². The molecule has 6 heteroatoms. The van der Waals surface area contributed by atoms with Gasteiger partial charge >= 0.3 is 6.03 Å². The number of hydrogen-bond acceptors (Lipinski definition) is 4. The predicted molar refractivity (Wildman–Crippen MR) is 118 cm³/mol. The molecular weight excluding hydrogens is 350 g/mol. The fraction of sp³-hybridized carbons (Fsp3) is 0.682. The number of carbonyl (C=O) groups is 1. The normalized spacial score (nSPS) is 16.5. The van der Waals surface area contributed by atoms with Gasteiger partial charge in [0.15, 0.2) is 0 Å². The van der Waals surface area contributed by atoms with Gasteiger partial charge in [-0.1, -0.05) is 32.0 Å². The average molecular weight is 390 g/mol. The second-order valence-electron chi connectivity index (χ2n) is 8.54. The Hall–Kier alpha value is -1.79. The molecule has 0 spiro atoms. The molecule has 1 N–H and O–H groups in total. The SMILES string of the molecule is CC(C)CN(CCN(C)C)C(=O)NCC(C)N1CCN(c2ccccc2)CC1. The number of carbonyl (C=O) groups excluding carboxylic acids is 1. The number of rotatable bonds is 9. The number of likely N-dealkylation sites (N-methyl/N-ethyl adjacent to an activating group) is 1. The first-order valence-electron chi connectivity index (χ1n) is 10.6. The summed E-state index contributed by atoms with van der Waals surface area (Å²) in [5.74, 6) is 0.469. The number of anilines is 1. The Balaban J connectivity index is 1.77. The van der Waals surface area contributed by atoms with Gasteiger partial charge in [-0.3, -0.25) is 4.90 Å². The van der Waals surface area contributed by atoms with Crippen molar-refractivity contribution in [3.05, 3.63) is 30.3 Å². The quantitative estimate of drug-likeness (QED) is 0.704. The molecule has 0 bridgehead atoms. The van der Waals surface area contributed by atoms with E-state index in [1.54, 1.807) is 0 Å². The molecule has 1 heterocycles. The Morgan fingerprint density at radius 2 is 1.68 bits per heavy atom. The van der Waals surface area contributed by atoms with Crippen LogP contribution in [0.25, 0.3) is 0 Å². The smallest absolute Gasteiger partial charge is 0.317 e. The maximum Gasteiger partial charge on any atom is 0.317 e. The van der Waals surface area contributed by atoms with Gasteiger partial charge in [0.1, 0.15) is 0 Å². The maximum absolute atomic E-state index is 12.7. The largest absolute Gasteiger partial charge is 0.369 e. The molecule has 28 heavy (non-hydrogen) atoms. The molecule has 0 radical (unpaired) electrons. The second kappa shape index (κ2) is 11.3. The number of amides is 2. The average Bonchev–Trinajstić information content (AvgIpc) is 2.69. The van der Waals surface area contributed by atoms with E-state index >= 15 is 0 Å². The monoisotopic (exact) mass is 389 g/mol. The molecule has 1 fully saturated rings. The molecule has 1 atom stereocenters. The minimum atomic E-state index is 0.0605. The first kappa shape index (κ1) is 22.5. The minimum absolute atomic E-state index is 0.0605. The molecule has 0 aromatic heterocycles. The van der Waals surface area contributed by atoms with Crippen molar-refractivity contribution in [2.75, 3.05) is 71.4 Å². The Labute approximate surface area is 171 Å². The summed E-state index contributed by atoms with van der Waals surface area (Å²) in [5.41, 5.74) is 1.30. The Kier molecular flexibility index (Phi) is 9.06. The first-order valence-corrected chi connectivity index (χ1v) is 10.6. The van der Waals surface area contributed by atoms with E-state index in [9.17, 15) is 4.79 Å². The van der Waals surface area contributed by atoms with E-state index in [1.807, 2.05) is 19.0 Å². The fourth-order valence-corrected chi connectivity index (χ4v) is 3.57. The molecule has 1 aliphatic heterocycles. The Morgan fingerprint density at radius 3 is 2.25 bits per heavy atom. The summed E-state index contributed by atoms with van der Waals surface area (Å²) in [4.78, 5) is 21.7. The molecule has 2 rings (SSSR count). The van der Waals surface area contributed by atoms with Gasteiger partial charge < -0.3 is 20.0 Å². The summed E-state index contributed by atoms with van der Waals surface area (Å²) in [6.07, 6.45) is 0. The van der Waals surface area contributed by atoms with E-state index < -0.39 is 0 Å². The van der Waals surface area contributed by atoms with Crippen LogP contribution < -0.4 is 10.2 Å². The highest BCUT2D eigenvalue weighted by Crippen LogP contribution is 2.16. The van der Waals surface area contributed by atoms with Crippen LogP contribution in [0.2, 0.25) is 0 Å². The van der Waals surface area contributed by atoms with Gasteiger partial charge in [-0.05, 0) is 39.1 Å². The third kappa shape index (κ3) is 7.32. The topological polar surface area (TPSA) is 42.1 Å². The van der Waals surface area contributed by atoms with Crippen molar-refractivity contribution in [2.45, 2.75) is 26.8 Å². The molecular formula is C22H39N5O. The highest BCUT2D eigenvalue weighted by Gasteiger charge is 2.22. The number of piperazine rings is 1. The van der Waals surface area contributed by atoms with E-state index in [0.29, 0.717) is 18.5 Å². The minimum Gasteiger partial charge on any atom is -0.369 e. The third-order valence-corrected chi connectivity index (χ3v) is 5.30. The molecule has 1 unspecified atom stereocenters. The van der Waals surface area contributed by atoms with Gasteiger partial charge in [-0.25, -0.2) is 4.79 Å². The molecule has 2 amide bonds. The van der Waals surface area contributed by atoms with Crippen molar-refractivity contribution in [1.29, 1.82) is 0 Å². The zero-order chi connectivity index (χ0) is 20.5. The molecule has 0 saturated carbocycles. The lowest BCUT2D eigenvalue weighted by molar-refractivity contribution is 0.169. The molecule has 158 valence electrons. The number of hydrogen-bond donors (Lipinski definition) is 1. The summed E-state index contributed by atoms with van der Waals surface area (Å²) >= 11 is 0. The van der Waals surface area contributed by atoms with Crippen LogP contribution in [-0.4, -0.2) is 93.2 Å². The summed E-state index contributed by atoms with van der Waals surface area (Å²) in [7, 11) is 4.09. The third-order valence-electron chi connectivity index (χ3n) is 5.30. The number of para-hydroxylation sites is 1. The number of benzene rings is 1. The summed E-state index contributed by atoms with van der Waals surface area (Å²) in [5, 5.41) is 3.17. The van der Waals surface area contributed by atoms with Crippen LogP contribution in [0.5, 0.6) is 0 Å². The molecule has 1 aliphatic rings. The van der Waals surface area contributed by atoms with Gasteiger partial charge in [-0.15, -0.1) is 0 Å². The molecule has 0 aliphatic carbocycles. The van der Waals surface area contributed by atoms with Crippen molar-refractivity contribution in [3.8, 4) is 0 Å². The zero-order valence-corrected chi connectivity index (χ0v) is 18.4. The van der Waals surface area contributed by atoms with Gasteiger partial charge in [0.25, 0.3) is 0 Å². The first-order chi connectivity index (χ1) is 13.4. The van der Waals surface area contributed by atoms with Crippen molar-refractivity contribution in [3.63, 3.8) is 0 Å². The van der Waals surface area contributed by atoms with Gasteiger partial charge in [0.05, 0.1) is 0 Å². The van der Waals surface area contributed by atoms with E-state index in [-0.39, 0.29) is 6.03 Å². The van der Waals surface area contributed by atoms with Crippen LogP contribution in [0.15, 0.2) is 30.3 Å². The molecule has 6 nitrogen and oxygen atoms in total. The van der Waals surface area contributed by atoms with Crippen LogP contribution in [0.3, 0.4) is 0 Å². The summed E-state index contributed by atoms with van der Waals surface area (Å²) in [6.45, 7) is 13.8. The number of urea groups is 1. The van der Waals surface area contributed by atoms with E-state index in [2.05, 4.69) is 71.1 Å². The lowest BCUT2D eigenvalue weighted by atomic mass is 10.2. The number of nitrogens with one attached hydrogen (secondary N) is 1. The van der Waals surface area contributed by atoms with Crippen LogP contribution >= 0.6 is 0 Å². The van der Waals surface area contributed by atoms with E-state index in [1.165, 1.54) is 5.69 Å². The van der Waals surface area contributed by atoms with Crippen LogP contribution in [0.4, 0.5) is 10.5 Å².